The molecule has 9 nitrogen and oxygen atoms in total. The van der Waals surface area contributed by atoms with Crippen LogP contribution in [0, 0.1) is 37.8 Å². The third-order valence-electron chi connectivity index (χ3n) is 4.16. The molecule has 0 spiro atoms. The van der Waals surface area contributed by atoms with E-state index < -0.39 is 11.0 Å². The van der Waals surface area contributed by atoms with Crippen LogP contribution in [0.25, 0.3) is 0 Å². The van der Waals surface area contributed by atoms with Crippen molar-refractivity contribution in [2.24, 2.45) is 0 Å². The minimum atomic E-state index is -0.610. The Kier molecular flexibility index (Phi) is 5.55. The average Bonchev–Trinajstić information content (AvgIpc) is 3.00. The highest BCUT2D eigenvalue weighted by Crippen LogP contribution is 2.24. The van der Waals surface area contributed by atoms with Gasteiger partial charge >= 0.3 is 5.69 Å². The van der Waals surface area contributed by atoms with Gasteiger partial charge in [0.1, 0.15) is 17.4 Å². The predicted octanol–water partition coefficient (Wildman–Crippen LogP) is 1.99. The lowest BCUT2D eigenvalue weighted by molar-refractivity contribution is -0.386. The zero-order valence-electron chi connectivity index (χ0n) is 15.2. The van der Waals surface area contributed by atoms with Crippen molar-refractivity contribution < 1.29 is 9.72 Å². The van der Waals surface area contributed by atoms with Crippen molar-refractivity contribution in [2.45, 2.75) is 53.6 Å². The van der Waals surface area contributed by atoms with Crippen molar-refractivity contribution in [1.29, 1.82) is 0 Å². The summed E-state index contributed by atoms with van der Waals surface area (Å²) in [4.78, 5) is 22.9. The SMILES string of the molecule is Cc1cc(C)n(CCCNC(=O)C(C)n2nc(C)c([N+](=O)[O-])c2C)n1. The molecule has 0 fully saturated rings. The number of rotatable bonds is 7. The second kappa shape index (κ2) is 7.45. The standard InChI is InChI=1S/C16H24N6O3/c1-10-9-11(2)20(18-10)8-6-7-17-16(23)14(5)21-13(4)15(22(24)25)12(3)19-21/h9,14H,6-8H2,1-5H3,(H,17,23). The Labute approximate surface area is 146 Å². The number of aryl methyl sites for hydroxylation is 4. The maximum atomic E-state index is 12.3. The summed E-state index contributed by atoms with van der Waals surface area (Å²) >= 11 is 0. The van der Waals surface area contributed by atoms with Crippen molar-refractivity contribution in [3.8, 4) is 0 Å². The quantitative estimate of drug-likeness (QED) is 0.468. The molecule has 0 aliphatic heterocycles. The summed E-state index contributed by atoms with van der Waals surface area (Å²) in [7, 11) is 0. The first kappa shape index (κ1) is 18.6. The molecule has 9 heteroatoms. The third kappa shape index (κ3) is 4.04. The van der Waals surface area contributed by atoms with Crippen LogP contribution in [0.3, 0.4) is 0 Å². The second-order valence-electron chi connectivity index (χ2n) is 6.19. The average molecular weight is 348 g/mol. The van der Waals surface area contributed by atoms with E-state index in [1.54, 1.807) is 20.8 Å². The Morgan fingerprint density at radius 3 is 2.52 bits per heavy atom. The zero-order valence-corrected chi connectivity index (χ0v) is 15.2. The predicted molar refractivity (Wildman–Crippen MR) is 92.4 cm³/mol. The fourth-order valence-electron chi connectivity index (χ4n) is 2.90. The molecule has 136 valence electrons. The van der Waals surface area contributed by atoms with E-state index in [-0.39, 0.29) is 11.6 Å². The van der Waals surface area contributed by atoms with E-state index in [2.05, 4.69) is 15.5 Å². The molecule has 0 bridgehead atoms. The lowest BCUT2D eigenvalue weighted by Gasteiger charge is -2.14. The molecule has 0 saturated carbocycles. The highest BCUT2D eigenvalue weighted by molar-refractivity contribution is 5.80. The Morgan fingerprint density at radius 1 is 1.32 bits per heavy atom. The van der Waals surface area contributed by atoms with E-state index in [1.807, 2.05) is 24.6 Å². The van der Waals surface area contributed by atoms with E-state index in [9.17, 15) is 14.9 Å². The Bertz CT molecular complexity index is 792. The van der Waals surface area contributed by atoms with Crippen LogP contribution in [-0.4, -0.2) is 36.9 Å². The normalized spacial score (nSPS) is 12.2. The number of aromatic nitrogens is 4. The van der Waals surface area contributed by atoms with E-state index in [4.69, 9.17) is 0 Å². The fraction of sp³-hybridized carbons (Fsp3) is 0.562. The van der Waals surface area contributed by atoms with Crippen LogP contribution >= 0.6 is 0 Å². The summed E-state index contributed by atoms with van der Waals surface area (Å²) in [5, 5.41) is 22.4. The van der Waals surface area contributed by atoms with Gasteiger partial charge in [0.05, 0.1) is 10.6 Å². The monoisotopic (exact) mass is 348 g/mol. The van der Waals surface area contributed by atoms with Crippen LogP contribution in [0.5, 0.6) is 0 Å². The Balaban J connectivity index is 1.91. The van der Waals surface area contributed by atoms with Gasteiger partial charge in [-0.25, -0.2) is 0 Å². The van der Waals surface area contributed by atoms with Gasteiger partial charge < -0.3 is 5.32 Å². The molecule has 1 atom stereocenters. The summed E-state index contributed by atoms with van der Waals surface area (Å²) in [5.41, 5.74) is 2.72. The molecule has 2 heterocycles. The van der Waals surface area contributed by atoms with Gasteiger partial charge in [0.25, 0.3) is 0 Å². The molecule has 2 aromatic rings. The van der Waals surface area contributed by atoms with Gasteiger partial charge in [-0.15, -0.1) is 0 Å². The first-order valence-corrected chi connectivity index (χ1v) is 8.21. The molecular formula is C16H24N6O3. The third-order valence-corrected chi connectivity index (χ3v) is 4.16. The number of carbonyl (C=O) groups is 1. The number of amides is 1. The number of nitrogens with one attached hydrogen (secondary N) is 1. The molecule has 0 aliphatic rings. The number of nitro groups is 1. The lowest BCUT2D eigenvalue weighted by Crippen LogP contribution is -2.33. The van der Waals surface area contributed by atoms with Crippen molar-refractivity contribution in [3.63, 3.8) is 0 Å². The number of carbonyl (C=O) groups excluding carboxylic acids is 1. The van der Waals surface area contributed by atoms with E-state index in [0.717, 1.165) is 24.4 Å². The Hall–Kier alpha value is -2.71. The van der Waals surface area contributed by atoms with Crippen molar-refractivity contribution >= 4 is 11.6 Å². The number of hydrogen-bond acceptors (Lipinski definition) is 5. The lowest BCUT2D eigenvalue weighted by atomic mass is 10.2. The van der Waals surface area contributed by atoms with Crippen molar-refractivity contribution in [2.75, 3.05) is 6.54 Å². The smallest absolute Gasteiger partial charge is 0.312 e. The van der Waals surface area contributed by atoms with Crippen LogP contribution < -0.4 is 5.32 Å². The summed E-state index contributed by atoms with van der Waals surface area (Å²) in [5.74, 6) is -0.214. The van der Waals surface area contributed by atoms with Crippen LogP contribution in [0.15, 0.2) is 6.07 Å². The topological polar surface area (TPSA) is 108 Å². The van der Waals surface area contributed by atoms with Gasteiger partial charge in [0, 0.05) is 18.8 Å². The molecule has 0 radical (unpaired) electrons. The van der Waals surface area contributed by atoms with Crippen molar-refractivity contribution in [3.05, 3.63) is 39.0 Å². The zero-order chi connectivity index (χ0) is 18.7. The minimum absolute atomic E-state index is 0.0378. The molecule has 0 aliphatic carbocycles. The highest BCUT2D eigenvalue weighted by Gasteiger charge is 2.26. The number of nitrogens with zero attached hydrogens (tertiary/aromatic N) is 5. The first-order valence-electron chi connectivity index (χ1n) is 8.21. The fourth-order valence-corrected chi connectivity index (χ4v) is 2.90. The van der Waals surface area contributed by atoms with Crippen LogP contribution in [0.1, 0.15) is 42.2 Å². The van der Waals surface area contributed by atoms with Gasteiger partial charge in [-0.3, -0.25) is 24.3 Å². The van der Waals surface area contributed by atoms with Gasteiger partial charge in [0.15, 0.2) is 0 Å². The highest BCUT2D eigenvalue weighted by atomic mass is 16.6. The van der Waals surface area contributed by atoms with E-state index in [1.165, 1.54) is 4.68 Å². The summed E-state index contributed by atoms with van der Waals surface area (Å²) in [6, 6.07) is 1.40. The molecule has 2 aromatic heterocycles. The Morgan fingerprint density at radius 2 is 2.00 bits per heavy atom. The molecule has 2 rings (SSSR count). The number of hydrogen-bond donors (Lipinski definition) is 1. The molecule has 0 saturated heterocycles. The van der Waals surface area contributed by atoms with E-state index >= 15 is 0 Å². The molecule has 1 unspecified atom stereocenters. The molecule has 0 aromatic carbocycles. The van der Waals surface area contributed by atoms with E-state index in [0.29, 0.717) is 17.9 Å². The molecular weight excluding hydrogens is 324 g/mol. The van der Waals surface area contributed by atoms with Crippen molar-refractivity contribution in [1.82, 2.24) is 24.9 Å². The maximum absolute atomic E-state index is 12.3. The maximum Gasteiger partial charge on any atom is 0.312 e. The largest absolute Gasteiger partial charge is 0.354 e. The van der Waals surface area contributed by atoms with Crippen LogP contribution in [0.4, 0.5) is 5.69 Å². The van der Waals surface area contributed by atoms with Gasteiger partial charge in [-0.1, -0.05) is 0 Å². The molecule has 1 amide bonds. The first-order chi connectivity index (χ1) is 11.7. The summed E-state index contributed by atoms with van der Waals surface area (Å²) < 4.78 is 3.32. The summed E-state index contributed by atoms with van der Waals surface area (Å²) in [6.45, 7) is 10.0. The van der Waals surface area contributed by atoms with Gasteiger partial charge in [-0.2, -0.15) is 10.2 Å². The summed E-state index contributed by atoms with van der Waals surface area (Å²) in [6.07, 6.45) is 0.748. The second-order valence-corrected chi connectivity index (χ2v) is 6.19. The van der Waals surface area contributed by atoms with Crippen LogP contribution in [0.2, 0.25) is 0 Å². The van der Waals surface area contributed by atoms with Crippen LogP contribution in [-0.2, 0) is 11.3 Å². The molecule has 1 N–H and O–H groups in total. The van der Waals surface area contributed by atoms with Gasteiger partial charge in [-0.05, 0) is 47.1 Å². The minimum Gasteiger partial charge on any atom is -0.354 e. The molecule has 25 heavy (non-hydrogen) atoms. The van der Waals surface area contributed by atoms with Gasteiger partial charge in [0.2, 0.25) is 5.91 Å².